The number of nitrogens with one attached hydrogen (secondary N) is 1. The number of ether oxygens (including phenoxy) is 1. The third-order valence-corrected chi connectivity index (χ3v) is 7.09. The van der Waals surface area contributed by atoms with Crippen LogP contribution in [0.25, 0.3) is 0 Å². The number of aliphatic imine (C=N–C) groups is 1. The van der Waals surface area contributed by atoms with Gasteiger partial charge in [0.05, 0.1) is 11.7 Å². The Morgan fingerprint density at radius 3 is 2.47 bits per heavy atom. The fourth-order valence-corrected chi connectivity index (χ4v) is 5.19. The zero-order valence-corrected chi connectivity index (χ0v) is 19.8. The molecule has 1 aliphatic heterocycles. The summed E-state index contributed by atoms with van der Waals surface area (Å²) < 4.78 is 18.8. The average Bonchev–Trinajstić information content (AvgIpc) is 3.43. The monoisotopic (exact) mass is 474 g/mol. The van der Waals surface area contributed by atoms with Gasteiger partial charge in [0.2, 0.25) is 0 Å². The van der Waals surface area contributed by atoms with Crippen molar-refractivity contribution in [3.05, 3.63) is 137 Å². The molecule has 0 aromatic heterocycles. The molecular weight excluding hydrogens is 447 g/mol. The van der Waals surface area contributed by atoms with Crippen LogP contribution >= 0.6 is 0 Å². The third kappa shape index (κ3) is 4.67. The predicted molar refractivity (Wildman–Crippen MR) is 144 cm³/mol. The highest BCUT2D eigenvalue weighted by Crippen LogP contribution is 2.49. The van der Waals surface area contributed by atoms with Gasteiger partial charge in [-0.2, -0.15) is 0 Å². The quantitative estimate of drug-likeness (QED) is 0.227. The first-order valence-electron chi connectivity index (χ1n) is 12.4. The van der Waals surface area contributed by atoms with E-state index in [1.807, 2.05) is 30.5 Å². The molecule has 1 N–H and O–H groups in total. The van der Waals surface area contributed by atoms with E-state index >= 15 is 0 Å². The standard InChI is InChI=1S/C32H27FN2O/c33-25-14-8-23(9-15-25)21-36-27-18-10-22(11-19-27)20-34-26-16-12-24(13-17-26)32-30-6-3-5-28(30)29-4-1-2-7-31(29)35-32/h1-5,7-20,28,30,32,35H,6,21H2/t28-,30+,32-/m0/s1. The van der Waals surface area contributed by atoms with Crippen molar-refractivity contribution in [2.24, 2.45) is 10.9 Å². The van der Waals surface area contributed by atoms with E-state index in [-0.39, 0.29) is 5.82 Å². The number of rotatable bonds is 6. The topological polar surface area (TPSA) is 33.6 Å². The molecule has 3 nitrogen and oxygen atoms in total. The van der Waals surface area contributed by atoms with Gasteiger partial charge in [-0.1, -0.05) is 54.6 Å². The third-order valence-electron chi connectivity index (χ3n) is 7.09. The lowest BCUT2D eigenvalue weighted by atomic mass is 9.77. The first kappa shape index (κ1) is 22.3. The highest BCUT2D eigenvalue weighted by Gasteiger charge is 2.37. The molecule has 4 aromatic carbocycles. The van der Waals surface area contributed by atoms with E-state index in [0.717, 1.165) is 29.0 Å². The minimum absolute atomic E-state index is 0.242. The molecule has 3 atom stereocenters. The summed E-state index contributed by atoms with van der Waals surface area (Å²) in [4.78, 5) is 4.66. The summed E-state index contributed by atoms with van der Waals surface area (Å²) in [5.41, 5.74) is 6.79. The van der Waals surface area contributed by atoms with Gasteiger partial charge in [0, 0.05) is 17.8 Å². The second-order valence-electron chi connectivity index (χ2n) is 9.40. The van der Waals surface area contributed by atoms with E-state index in [0.29, 0.717) is 24.5 Å². The van der Waals surface area contributed by atoms with E-state index in [1.165, 1.54) is 28.9 Å². The van der Waals surface area contributed by atoms with Crippen LogP contribution in [0.1, 0.15) is 40.6 Å². The number of hydrogen-bond acceptors (Lipinski definition) is 3. The van der Waals surface area contributed by atoms with Crippen LogP contribution in [0.2, 0.25) is 0 Å². The Morgan fingerprint density at radius 2 is 1.67 bits per heavy atom. The van der Waals surface area contributed by atoms with Crippen LogP contribution in [0, 0.1) is 11.7 Å². The summed E-state index contributed by atoms with van der Waals surface area (Å²) in [5, 5.41) is 3.78. The van der Waals surface area contributed by atoms with Gasteiger partial charge < -0.3 is 10.1 Å². The van der Waals surface area contributed by atoms with Crippen LogP contribution in [0.3, 0.4) is 0 Å². The van der Waals surface area contributed by atoms with Crippen molar-refractivity contribution in [3.8, 4) is 5.75 Å². The van der Waals surface area contributed by atoms with Crippen molar-refractivity contribution in [3.63, 3.8) is 0 Å². The number of nitrogens with zero attached hydrogens (tertiary/aromatic N) is 1. The lowest BCUT2D eigenvalue weighted by Crippen LogP contribution is -2.28. The molecule has 0 radical (unpaired) electrons. The van der Waals surface area contributed by atoms with Crippen LogP contribution in [0.5, 0.6) is 5.75 Å². The van der Waals surface area contributed by atoms with Gasteiger partial charge in [-0.15, -0.1) is 0 Å². The summed E-state index contributed by atoms with van der Waals surface area (Å²) >= 11 is 0. The van der Waals surface area contributed by atoms with E-state index in [1.54, 1.807) is 12.1 Å². The van der Waals surface area contributed by atoms with Crippen molar-refractivity contribution in [1.82, 2.24) is 0 Å². The number of anilines is 1. The number of benzene rings is 4. The summed E-state index contributed by atoms with van der Waals surface area (Å²) in [5.74, 6) is 1.54. The van der Waals surface area contributed by atoms with E-state index < -0.39 is 0 Å². The van der Waals surface area contributed by atoms with Gasteiger partial charge in [-0.05, 0) is 89.2 Å². The molecule has 4 aromatic rings. The van der Waals surface area contributed by atoms with Crippen LogP contribution in [0.15, 0.2) is 114 Å². The SMILES string of the molecule is Fc1ccc(COc2ccc(C=Nc3ccc([C@@H]4Nc5ccccc5[C@@H]5C=CC[C@H]54)cc3)cc2)cc1. The molecule has 2 aliphatic rings. The average molecular weight is 475 g/mol. The van der Waals surface area contributed by atoms with Gasteiger partial charge >= 0.3 is 0 Å². The van der Waals surface area contributed by atoms with E-state index in [4.69, 9.17) is 4.74 Å². The Balaban J connectivity index is 1.10. The molecule has 36 heavy (non-hydrogen) atoms. The maximum absolute atomic E-state index is 13.0. The largest absolute Gasteiger partial charge is 0.489 e. The summed E-state index contributed by atoms with van der Waals surface area (Å²) in [6, 6.07) is 31.7. The Morgan fingerprint density at radius 1 is 0.889 bits per heavy atom. The molecule has 0 unspecified atom stereocenters. The molecular formula is C32H27FN2O. The molecule has 6 rings (SSSR count). The molecule has 1 aliphatic carbocycles. The van der Waals surface area contributed by atoms with Crippen molar-refractivity contribution >= 4 is 17.6 Å². The van der Waals surface area contributed by atoms with Gasteiger partial charge in [-0.25, -0.2) is 4.39 Å². The molecule has 0 saturated carbocycles. The van der Waals surface area contributed by atoms with Crippen molar-refractivity contribution in [1.29, 1.82) is 0 Å². The van der Waals surface area contributed by atoms with E-state index in [2.05, 4.69) is 71.0 Å². The molecule has 0 fully saturated rings. The summed E-state index contributed by atoms with van der Waals surface area (Å²) in [6.45, 7) is 0.402. The van der Waals surface area contributed by atoms with Gasteiger partial charge in [-0.3, -0.25) is 4.99 Å². The fourth-order valence-electron chi connectivity index (χ4n) is 5.19. The number of halogens is 1. The zero-order chi connectivity index (χ0) is 24.3. The number of allylic oxidation sites excluding steroid dienone is 2. The highest BCUT2D eigenvalue weighted by atomic mass is 19.1. The van der Waals surface area contributed by atoms with Crippen LogP contribution in [0.4, 0.5) is 15.8 Å². The van der Waals surface area contributed by atoms with Crippen molar-refractivity contribution in [2.45, 2.75) is 25.0 Å². The molecule has 4 heteroatoms. The lowest BCUT2D eigenvalue weighted by Gasteiger charge is -2.37. The first-order valence-corrected chi connectivity index (χ1v) is 12.4. The number of hydrogen-bond donors (Lipinski definition) is 1. The first-order chi connectivity index (χ1) is 17.7. The fraction of sp³-hybridized carbons (Fsp3) is 0.156. The van der Waals surface area contributed by atoms with Gasteiger partial charge in [0.25, 0.3) is 0 Å². The van der Waals surface area contributed by atoms with Crippen molar-refractivity contribution < 1.29 is 9.13 Å². The Kier molecular flexibility index (Phi) is 6.08. The number of para-hydroxylation sites is 1. The van der Waals surface area contributed by atoms with E-state index in [9.17, 15) is 4.39 Å². The smallest absolute Gasteiger partial charge is 0.123 e. The van der Waals surface area contributed by atoms with Gasteiger partial charge in [0.15, 0.2) is 0 Å². The minimum Gasteiger partial charge on any atom is -0.489 e. The minimum atomic E-state index is -0.242. The summed E-state index contributed by atoms with van der Waals surface area (Å²) in [7, 11) is 0. The van der Waals surface area contributed by atoms with Crippen LogP contribution in [-0.2, 0) is 6.61 Å². The summed E-state index contributed by atoms with van der Waals surface area (Å²) in [6.07, 6.45) is 7.66. The highest BCUT2D eigenvalue weighted by molar-refractivity contribution is 5.82. The van der Waals surface area contributed by atoms with Gasteiger partial charge in [0.1, 0.15) is 18.2 Å². The Bertz CT molecular complexity index is 1390. The van der Waals surface area contributed by atoms with Crippen LogP contribution < -0.4 is 10.1 Å². The second-order valence-corrected chi connectivity index (χ2v) is 9.40. The zero-order valence-electron chi connectivity index (χ0n) is 19.8. The maximum Gasteiger partial charge on any atom is 0.123 e. The molecule has 0 saturated heterocycles. The molecule has 1 heterocycles. The second kappa shape index (κ2) is 9.82. The normalized spacial score (nSPS) is 20.1. The molecule has 178 valence electrons. The number of fused-ring (bicyclic) bond motifs is 3. The Labute approximate surface area is 211 Å². The van der Waals surface area contributed by atoms with Crippen molar-refractivity contribution in [2.75, 3.05) is 5.32 Å². The predicted octanol–water partition coefficient (Wildman–Crippen LogP) is 7.98. The van der Waals surface area contributed by atoms with Crippen LogP contribution in [-0.4, -0.2) is 6.21 Å². The Hall–Kier alpha value is -4.18. The molecule has 0 amide bonds. The maximum atomic E-state index is 13.0. The molecule has 0 spiro atoms. The lowest BCUT2D eigenvalue weighted by molar-refractivity contribution is 0.306. The molecule has 0 bridgehead atoms.